The second-order valence-corrected chi connectivity index (χ2v) is 5.35. The Morgan fingerprint density at radius 2 is 1.65 bits per heavy atom. The van der Waals surface area contributed by atoms with Gasteiger partial charge in [-0.05, 0) is 56.3 Å². The van der Waals surface area contributed by atoms with Crippen molar-refractivity contribution in [3.63, 3.8) is 0 Å². The maximum absolute atomic E-state index is 9.46. The molecule has 0 unspecified atom stereocenters. The molecule has 6 heteroatoms. The Morgan fingerprint density at radius 1 is 1.00 bits per heavy atom. The fourth-order valence-electron chi connectivity index (χ4n) is 2.59. The highest BCUT2D eigenvalue weighted by molar-refractivity contribution is 5.96. The lowest BCUT2D eigenvalue weighted by Crippen LogP contribution is -1.98. The fraction of sp³-hybridized carbons (Fsp3) is 0.200. The zero-order chi connectivity index (χ0) is 17.6. The summed E-state index contributed by atoms with van der Waals surface area (Å²) in [5, 5.41) is 13.6. The molecule has 3 aromatic rings. The third-order valence-electron chi connectivity index (χ3n) is 3.71. The van der Waals surface area contributed by atoms with Crippen LogP contribution in [0.1, 0.15) is 19.4 Å². The Morgan fingerprint density at radius 3 is 2.31 bits per heavy atom. The second-order valence-electron chi connectivity index (χ2n) is 5.35. The van der Waals surface area contributed by atoms with Crippen molar-refractivity contribution in [1.29, 1.82) is 5.26 Å². The molecule has 0 aliphatic rings. The first-order valence-corrected chi connectivity index (χ1v) is 8.20. The SMILES string of the molecule is CCOc1ccc(Nc2c(C#N)cnc3ccc(OCC)cc23)cc1.Cl. The summed E-state index contributed by atoms with van der Waals surface area (Å²) >= 11 is 0. The van der Waals surface area contributed by atoms with Gasteiger partial charge < -0.3 is 14.8 Å². The second kappa shape index (κ2) is 8.93. The van der Waals surface area contributed by atoms with Crippen molar-refractivity contribution in [1.82, 2.24) is 4.98 Å². The molecule has 0 spiro atoms. The van der Waals surface area contributed by atoms with Gasteiger partial charge in [-0.2, -0.15) is 5.26 Å². The van der Waals surface area contributed by atoms with Gasteiger partial charge in [-0.3, -0.25) is 4.98 Å². The highest BCUT2D eigenvalue weighted by Crippen LogP contribution is 2.31. The Hall–Kier alpha value is -2.97. The van der Waals surface area contributed by atoms with Crippen molar-refractivity contribution < 1.29 is 9.47 Å². The van der Waals surface area contributed by atoms with Crippen LogP contribution in [0.5, 0.6) is 11.5 Å². The number of hydrogen-bond donors (Lipinski definition) is 1. The minimum atomic E-state index is 0. The summed E-state index contributed by atoms with van der Waals surface area (Å²) in [6.07, 6.45) is 1.58. The summed E-state index contributed by atoms with van der Waals surface area (Å²) in [6, 6.07) is 15.5. The number of ether oxygens (including phenoxy) is 2. The van der Waals surface area contributed by atoms with E-state index in [1.54, 1.807) is 6.20 Å². The number of pyridine rings is 1. The number of hydrogen-bond acceptors (Lipinski definition) is 5. The average Bonchev–Trinajstić information content (AvgIpc) is 2.64. The van der Waals surface area contributed by atoms with Crippen molar-refractivity contribution in [2.75, 3.05) is 18.5 Å². The van der Waals surface area contributed by atoms with Crippen LogP contribution in [0.4, 0.5) is 11.4 Å². The van der Waals surface area contributed by atoms with Gasteiger partial charge in [0.15, 0.2) is 0 Å². The van der Waals surface area contributed by atoms with E-state index in [1.165, 1.54) is 0 Å². The van der Waals surface area contributed by atoms with E-state index in [2.05, 4.69) is 16.4 Å². The van der Waals surface area contributed by atoms with Crippen molar-refractivity contribution >= 4 is 34.7 Å². The lowest BCUT2D eigenvalue weighted by atomic mass is 10.1. The van der Waals surface area contributed by atoms with Gasteiger partial charge in [-0.15, -0.1) is 12.4 Å². The van der Waals surface area contributed by atoms with Gasteiger partial charge in [0.05, 0.1) is 30.0 Å². The van der Waals surface area contributed by atoms with Crippen LogP contribution >= 0.6 is 12.4 Å². The minimum Gasteiger partial charge on any atom is -0.494 e. The first-order chi connectivity index (χ1) is 12.2. The molecule has 0 saturated heterocycles. The molecule has 26 heavy (non-hydrogen) atoms. The van der Waals surface area contributed by atoms with Crippen molar-refractivity contribution in [2.45, 2.75) is 13.8 Å². The van der Waals surface area contributed by atoms with Gasteiger partial charge in [0, 0.05) is 17.3 Å². The largest absolute Gasteiger partial charge is 0.494 e. The molecule has 0 aliphatic heterocycles. The van der Waals surface area contributed by atoms with E-state index >= 15 is 0 Å². The highest BCUT2D eigenvalue weighted by Gasteiger charge is 2.10. The summed E-state index contributed by atoms with van der Waals surface area (Å²) in [5.41, 5.74) is 2.87. The summed E-state index contributed by atoms with van der Waals surface area (Å²) in [6.45, 7) is 5.09. The number of anilines is 2. The number of fused-ring (bicyclic) bond motifs is 1. The van der Waals surface area contributed by atoms with Gasteiger partial charge in [-0.25, -0.2) is 0 Å². The summed E-state index contributed by atoms with van der Waals surface area (Å²) in [4.78, 5) is 4.36. The van der Waals surface area contributed by atoms with E-state index < -0.39 is 0 Å². The van der Waals surface area contributed by atoms with Gasteiger partial charge in [0.2, 0.25) is 0 Å². The quantitative estimate of drug-likeness (QED) is 0.657. The molecule has 0 atom stereocenters. The standard InChI is InChI=1S/C20H19N3O2.ClH/c1-3-24-16-7-5-15(6-8-16)23-20-14(12-21)13-22-19-10-9-17(25-4-2)11-18(19)20;/h5-11,13H,3-4H2,1-2H3,(H,22,23);1H. The van der Waals surface area contributed by atoms with Crippen LogP contribution in [0, 0.1) is 11.3 Å². The maximum Gasteiger partial charge on any atom is 0.120 e. The Bertz CT molecular complexity index is 921. The molecule has 2 aromatic carbocycles. The molecule has 1 heterocycles. The normalized spacial score (nSPS) is 9.88. The molecule has 1 aromatic heterocycles. The van der Waals surface area contributed by atoms with Crippen LogP contribution in [-0.2, 0) is 0 Å². The van der Waals surface area contributed by atoms with Crippen molar-refractivity contribution in [3.8, 4) is 17.6 Å². The average molecular weight is 370 g/mol. The summed E-state index contributed by atoms with van der Waals surface area (Å²) < 4.78 is 11.0. The zero-order valence-corrected chi connectivity index (χ0v) is 15.5. The molecular formula is C20H20ClN3O2. The Labute approximate surface area is 159 Å². The van der Waals surface area contributed by atoms with Crippen LogP contribution in [0.25, 0.3) is 10.9 Å². The van der Waals surface area contributed by atoms with Gasteiger partial charge in [0.1, 0.15) is 17.6 Å². The molecule has 3 rings (SSSR count). The van der Waals surface area contributed by atoms with Crippen LogP contribution in [0.3, 0.4) is 0 Å². The first-order valence-electron chi connectivity index (χ1n) is 8.20. The number of aromatic nitrogens is 1. The van der Waals surface area contributed by atoms with E-state index in [0.717, 1.165) is 33.8 Å². The Balaban J connectivity index is 0.00000243. The molecule has 0 bridgehead atoms. The predicted molar refractivity (Wildman–Crippen MR) is 106 cm³/mol. The minimum absolute atomic E-state index is 0. The maximum atomic E-state index is 9.46. The van der Waals surface area contributed by atoms with Crippen LogP contribution in [0.2, 0.25) is 0 Å². The fourth-order valence-corrected chi connectivity index (χ4v) is 2.59. The third kappa shape index (κ3) is 4.16. The first kappa shape index (κ1) is 19.4. The molecule has 0 amide bonds. The van der Waals surface area contributed by atoms with Gasteiger partial charge in [0.25, 0.3) is 0 Å². The number of halogens is 1. The number of nitrogens with zero attached hydrogens (tertiary/aromatic N) is 2. The molecule has 1 N–H and O–H groups in total. The molecule has 0 aliphatic carbocycles. The van der Waals surface area contributed by atoms with Crippen LogP contribution in [-0.4, -0.2) is 18.2 Å². The lowest BCUT2D eigenvalue weighted by Gasteiger charge is -2.13. The third-order valence-corrected chi connectivity index (χ3v) is 3.71. The number of nitriles is 1. The van der Waals surface area contributed by atoms with E-state index in [4.69, 9.17) is 9.47 Å². The highest BCUT2D eigenvalue weighted by atomic mass is 35.5. The molecule has 0 radical (unpaired) electrons. The number of rotatable bonds is 6. The lowest BCUT2D eigenvalue weighted by molar-refractivity contribution is 0.340. The number of benzene rings is 2. The van der Waals surface area contributed by atoms with E-state index in [1.807, 2.05) is 56.3 Å². The van der Waals surface area contributed by atoms with Crippen LogP contribution < -0.4 is 14.8 Å². The zero-order valence-electron chi connectivity index (χ0n) is 14.7. The molecule has 0 fully saturated rings. The molecule has 5 nitrogen and oxygen atoms in total. The van der Waals surface area contributed by atoms with E-state index in [9.17, 15) is 5.26 Å². The monoisotopic (exact) mass is 369 g/mol. The van der Waals surface area contributed by atoms with E-state index in [0.29, 0.717) is 18.8 Å². The summed E-state index contributed by atoms with van der Waals surface area (Å²) in [7, 11) is 0. The predicted octanol–water partition coefficient (Wildman–Crippen LogP) is 5.07. The van der Waals surface area contributed by atoms with Crippen LogP contribution in [0.15, 0.2) is 48.7 Å². The van der Waals surface area contributed by atoms with Crippen molar-refractivity contribution in [2.24, 2.45) is 0 Å². The van der Waals surface area contributed by atoms with Gasteiger partial charge in [-0.1, -0.05) is 0 Å². The van der Waals surface area contributed by atoms with Crippen molar-refractivity contribution in [3.05, 3.63) is 54.2 Å². The topological polar surface area (TPSA) is 67.2 Å². The molecular weight excluding hydrogens is 350 g/mol. The smallest absolute Gasteiger partial charge is 0.120 e. The van der Waals surface area contributed by atoms with Gasteiger partial charge >= 0.3 is 0 Å². The molecule has 0 saturated carbocycles. The number of nitrogens with one attached hydrogen (secondary N) is 1. The van der Waals surface area contributed by atoms with E-state index in [-0.39, 0.29) is 12.4 Å². The molecule has 134 valence electrons. The summed E-state index contributed by atoms with van der Waals surface area (Å²) in [5.74, 6) is 1.56. The Kier molecular flexibility index (Phi) is 6.65.